The van der Waals surface area contributed by atoms with Crippen LogP contribution in [0.1, 0.15) is 37.7 Å². The van der Waals surface area contributed by atoms with E-state index in [1.807, 2.05) is 0 Å². The van der Waals surface area contributed by atoms with E-state index < -0.39 is 5.97 Å². The third-order valence-corrected chi connectivity index (χ3v) is 3.85. The summed E-state index contributed by atoms with van der Waals surface area (Å²) in [5.74, 6) is -0.680. The molecule has 17 heavy (non-hydrogen) atoms. The van der Waals surface area contributed by atoms with E-state index in [1.165, 1.54) is 18.4 Å². The Morgan fingerprint density at radius 2 is 2.29 bits per heavy atom. The molecule has 1 aromatic rings. The largest absolute Gasteiger partial charge is 0.481 e. The molecular formula is C13H19NO2S. The lowest BCUT2D eigenvalue weighted by Crippen LogP contribution is -2.26. The maximum Gasteiger partial charge on any atom is 0.303 e. The van der Waals surface area contributed by atoms with Crippen molar-refractivity contribution < 1.29 is 9.90 Å². The van der Waals surface area contributed by atoms with E-state index >= 15 is 0 Å². The van der Waals surface area contributed by atoms with Crippen molar-refractivity contribution in [3.63, 3.8) is 0 Å². The predicted octanol–water partition coefficient (Wildman–Crippen LogP) is 2.97. The summed E-state index contributed by atoms with van der Waals surface area (Å²) in [4.78, 5) is 12.9. The second-order valence-corrected chi connectivity index (χ2v) is 5.46. The van der Waals surface area contributed by atoms with E-state index in [-0.39, 0.29) is 0 Å². The Morgan fingerprint density at radius 1 is 1.47 bits per heavy atom. The topological polar surface area (TPSA) is 40.5 Å². The number of nitrogens with zero attached hydrogens (tertiary/aromatic N) is 1. The van der Waals surface area contributed by atoms with Gasteiger partial charge in [-0.1, -0.05) is 0 Å². The van der Waals surface area contributed by atoms with Crippen LogP contribution < -0.4 is 0 Å². The van der Waals surface area contributed by atoms with Gasteiger partial charge in [-0.2, -0.15) is 11.3 Å². The highest BCUT2D eigenvalue weighted by atomic mass is 32.1. The zero-order valence-electron chi connectivity index (χ0n) is 9.97. The smallest absolute Gasteiger partial charge is 0.303 e. The molecule has 1 saturated carbocycles. The number of rotatable bonds is 8. The van der Waals surface area contributed by atoms with E-state index in [4.69, 9.17) is 5.11 Å². The number of carbonyl (C=O) groups is 1. The van der Waals surface area contributed by atoms with Crippen LogP contribution in [0.15, 0.2) is 16.8 Å². The number of hydrogen-bond donors (Lipinski definition) is 1. The van der Waals surface area contributed by atoms with E-state index in [0.29, 0.717) is 6.42 Å². The molecule has 1 aliphatic rings. The van der Waals surface area contributed by atoms with E-state index in [2.05, 4.69) is 21.7 Å². The lowest BCUT2D eigenvalue weighted by Gasteiger charge is -2.21. The lowest BCUT2D eigenvalue weighted by atomic mass is 10.2. The second kappa shape index (κ2) is 6.17. The fraction of sp³-hybridized carbons (Fsp3) is 0.615. The number of carboxylic acids is 1. The van der Waals surface area contributed by atoms with Gasteiger partial charge in [0.1, 0.15) is 0 Å². The molecule has 2 rings (SSSR count). The van der Waals surface area contributed by atoms with Gasteiger partial charge in [0.2, 0.25) is 0 Å². The van der Waals surface area contributed by atoms with E-state index in [0.717, 1.165) is 32.0 Å². The van der Waals surface area contributed by atoms with Crippen LogP contribution in [0.2, 0.25) is 0 Å². The summed E-state index contributed by atoms with van der Waals surface area (Å²) < 4.78 is 0. The van der Waals surface area contributed by atoms with E-state index in [9.17, 15) is 4.79 Å². The summed E-state index contributed by atoms with van der Waals surface area (Å²) in [6.07, 6.45) is 4.71. The Hall–Kier alpha value is -0.870. The average Bonchev–Trinajstić information content (AvgIpc) is 3.01. The van der Waals surface area contributed by atoms with Crippen LogP contribution in [0.4, 0.5) is 0 Å². The quantitative estimate of drug-likeness (QED) is 0.724. The molecule has 4 heteroatoms. The number of hydrogen-bond acceptors (Lipinski definition) is 3. The molecule has 1 heterocycles. The molecule has 0 spiro atoms. The van der Waals surface area contributed by atoms with Gasteiger partial charge in [0.05, 0.1) is 0 Å². The summed E-state index contributed by atoms with van der Waals surface area (Å²) >= 11 is 1.74. The van der Waals surface area contributed by atoms with Gasteiger partial charge in [-0.25, -0.2) is 0 Å². The molecule has 0 unspecified atom stereocenters. The summed E-state index contributed by atoms with van der Waals surface area (Å²) in [6, 6.07) is 2.93. The van der Waals surface area contributed by atoms with Gasteiger partial charge in [0.15, 0.2) is 0 Å². The Labute approximate surface area is 106 Å². The average molecular weight is 253 g/mol. The Kier molecular flexibility index (Phi) is 4.57. The van der Waals surface area contributed by atoms with Crippen molar-refractivity contribution in [1.82, 2.24) is 4.90 Å². The van der Waals surface area contributed by atoms with Crippen LogP contribution in [0.3, 0.4) is 0 Å². The van der Waals surface area contributed by atoms with Crippen LogP contribution in [-0.4, -0.2) is 28.6 Å². The third kappa shape index (κ3) is 4.48. The molecule has 1 aromatic heterocycles. The molecule has 0 atom stereocenters. The molecular weight excluding hydrogens is 234 g/mol. The molecule has 0 saturated heterocycles. The Bertz CT molecular complexity index is 346. The molecule has 0 aromatic carbocycles. The van der Waals surface area contributed by atoms with Crippen molar-refractivity contribution in [1.29, 1.82) is 0 Å². The Morgan fingerprint density at radius 3 is 2.88 bits per heavy atom. The van der Waals surface area contributed by atoms with Crippen LogP contribution in [0, 0.1) is 0 Å². The van der Waals surface area contributed by atoms with Gasteiger partial charge in [0, 0.05) is 19.0 Å². The fourth-order valence-electron chi connectivity index (χ4n) is 2.04. The second-order valence-electron chi connectivity index (χ2n) is 4.68. The summed E-state index contributed by atoms with van der Waals surface area (Å²) in [5, 5.41) is 12.9. The maximum atomic E-state index is 10.4. The first kappa shape index (κ1) is 12.6. The minimum atomic E-state index is -0.680. The molecule has 1 aliphatic carbocycles. The highest BCUT2D eigenvalue weighted by Crippen LogP contribution is 2.29. The first-order chi connectivity index (χ1) is 8.25. The highest BCUT2D eigenvalue weighted by Gasteiger charge is 2.28. The molecule has 1 N–H and O–H groups in total. The van der Waals surface area contributed by atoms with Crippen LogP contribution in [-0.2, 0) is 11.3 Å². The molecule has 0 aliphatic heterocycles. The van der Waals surface area contributed by atoms with E-state index in [1.54, 1.807) is 11.3 Å². The van der Waals surface area contributed by atoms with Crippen molar-refractivity contribution >= 4 is 17.3 Å². The summed E-state index contributed by atoms with van der Waals surface area (Å²) in [7, 11) is 0. The summed E-state index contributed by atoms with van der Waals surface area (Å²) in [5.41, 5.74) is 1.39. The van der Waals surface area contributed by atoms with Gasteiger partial charge in [-0.3, -0.25) is 9.69 Å². The van der Waals surface area contributed by atoms with Crippen LogP contribution in [0.25, 0.3) is 0 Å². The standard InChI is InChI=1S/C13H19NO2S/c15-13(16)3-1-2-7-14(12-4-5-12)9-11-6-8-17-10-11/h6,8,10,12H,1-5,7,9H2,(H,15,16). The van der Waals surface area contributed by atoms with Gasteiger partial charge in [-0.15, -0.1) is 0 Å². The number of aliphatic carboxylic acids is 1. The first-order valence-corrected chi connectivity index (χ1v) is 7.17. The molecule has 3 nitrogen and oxygen atoms in total. The van der Waals surface area contributed by atoms with Crippen molar-refractivity contribution in [2.75, 3.05) is 6.54 Å². The van der Waals surface area contributed by atoms with Crippen molar-refractivity contribution in [2.24, 2.45) is 0 Å². The number of thiophene rings is 1. The predicted molar refractivity (Wildman–Crippen MR) is 69.2 cm³/mol. The van der Waals surface area contributed by atoms with Gasteiger partial charge in [-0.05, 0) is 54.6 Å². The monoisotopic (exact) mass is 253 g/mol. The third-order valence-electron chi connectivity index (χ3n) is 3.12. The zero-order chi connectivity index (χ0) is 12.1. The van der Waals surface area contributed by atoms with Crippen molar-refractivity contribution in [3.05, 3.63) is 22.4 Å². The maximum absolute atomic E-state index is 10.4. The molecule has 0 radical (unpaired) electrons. The number of carboxylic acid groups (broad SMARTS) is 1. The highest BCUT2D eigenvalue weighted by molar-refractivity contribution is 7.07. The van der Waals surface area contributed by atoms with Crippen molar-refractivity contribution in [2.45, 2.75) is 44.7 Å². The normalized spacial score (nSPS) is 15.4. The zero-order valence-corrected chi connectivity index (χ0v) is 10.8. The Balaban J connectivity index is 1.72. The number of unbranched alkanes of at least 4 members (excludes halogenated alkanes) is 1. The molecule has 94 valence electrons. The molecule has 0 amide bonds. The van der Waals surface area contributed by atoms with Gasteiger partial charge < -0.3 is 5.11 Å². The minimum absolute atomic E-state index is 0.303. The SMILES string of the molecule is O=C(O)CCCCN(Cc1ccsc1)C1CC1. The molecule has 1 fully saturated rings. The van der Waals surface area contributed by atoms with Crippen molar-refractivity contribution in [3.8, 4) is 0 Å². The summed E-state index contributed by atoms with van der Waals surface area (Å²) in [6.45, 7) is 2.06. The lowest BCUT2D eigenvalue weighted by molar-refractivity contribution is -0.137. The fourth-order valence-corrected chi connectivity index (χ4v) is 2.70. The van der Waals surface area contributed by atoms with Gasteiger partial charge >= 0.3 is 5.97 Å². The van der Waals surface area contributed by atoms with Crippen LogP contribution in [0.5, 0.6) is 0 Å². The first-order valence-electron chi connectivity index (χ1n) is 6.22. The van der Waals surface area contributed by atoms with Crippen LogP contribution >= 0.6 is 11.3 Å². The van der Waals surface area contributed by atoms with Gasteiger partial charge in [0.25, 0.3) is 0 Å². The minimum Gasteiger partial charge on any atom is -0.481 e. The molecule has 0 bridgehead atoms.